The number of benzene rings is 3. The Hall–Kier alpha value is -3.12. The first-order chi connectivity index (χ1) is 13.4. The van der Waals surface area contributed by atoms with E-state index in [0.29, 0.717) is 16.5 Å². The van der Waals surface area contributed by atoms with E-state index in [1.807, 2.05) is 49.4 Å². The molecule has 0 saturated heterocycles. The molecule has 0 fully saturated rings. The largest absolute Gasteiger partial charge is 0.506 e. The highest BCUT2D eigenvalue weighted by Crippen LogP contribution is 2.40. The number of nitrogens with zero attached hydrogens (tertiary/aromatic N) is 1. The highest BCUT2D eigenvalue weighted by molar-refractivity contribution is 9.10. The van der Waals surface area contributed by atoms with Gasteiger partial charge in [-0.2, -0.15) is 0 Å². The van der Waals surface area contributed by atoms with Crippen molar-refractivity contribution >= 4 is 32.5 Å². The Kier molecular flexibility index (Phi) is 4.65. The van der Waals surface area contributed by atoms with E-state index in [9.17, 15) is 15.2 Å². The molecule has 5 nitrogen and oxygen atoms in total. The number of phenolic OH excluding ortho intramolecular Hbond substituents is 1. The molecule has 0 atom stereocenters. The second kappa shape index (κ2) is 7.13. The standard InChI is InChI=1S/C22H17BrN2O3/c1-13-9-18(22(26)19(23)10-13)21-17(16-7-2-3-8-20(16)24-21)12-14-5-4-6-15(11-14)25(27)28/h2-11,24,26H,12H2,1H3. The van der Waals surface area contributed by atoms with Crippen molar-refractivity contribution in [3.63, 3.8) is 0 Å². The molecule has 0 aliphatic rings. The van der Waals surface area contributed by atoms with E-state index in [4.69, 9.17) is 0 Å². The maximum absolute atomic E-state index is 11.1. The molecule has 1 aromatic heterocycles. The van der Waals surface area contributed by atoms with Crippen molar-refractivity contribution in [2.24, 2.45) is 0 Å². The van der Waals surface area contributed by atoms with Gasteiger partial charge in [-0.3, -0.25) is 10.1 Å². The Morgan fingerprint density at radius 2 is 1.89 bits per heavy atom. The van der Waals surface area contributed by atoms with Gasteiger partial charge in [0.05, 0.1) is 15.1 Å². The van der Waals surface area contributed by atoms with E-state index in [1.165, 1.54) is 6.07 Å². The Bertz CT molecular complexity index is 1210. The average Bonchev–Trinajstić information content (AvgIpc) is 3.03. The molecule has 0 unspecified atom stereocenters. The van der Waals surface area contributed by atoms with Gasteiger partial charge in [0, 0.05) is 35.0 Å². The van der Waals surface area contributed by atoms with Crippen LogP contribution in [0.1, 0.15) is 16.7 Å². The summed E-state index contributed by atoms with van der Waals surface area (Å²) in [5.74, 6) is 0.164. The monoisotopic (exact) mass is 436 g/mol. The molecule has 0 spiro atoms. The second-order valence-corrected chi connectivity index (χ2v) is 7.63. The van der Waals surface area contributed by atoms with E-state index in [1.54, 1.807) is 12.1 Å². The molecule has 6 heteroatoms. The number of phenols is 1. The van der Waals surface area contributed by atoms with Crippen LogP contribution in [0.25, 0.3) is 22.2 Å². The highest BCUT2D eigenvalue weighted by atomic mass is 79.9. The molecule has 0 amide bonds. The van der Waals surface area contributed by atoms with Crippen molar-refractivity contribution in [1.29, 1.82) is 0 Å². The predicted molar refractivity (Wildman–Crippen MR) is 114 cm³/mol. The summed E-state index contributed by atoms with van der Waals surface area (Å²) in [7, 11) is 0. The van der Waals surface area contributed by atoms with Gasteiger partial charge in [-0.25, -0.2) is 0 Å². The number of nitro groups is 1. The number of rotatable bonds is 4. The molecule has 4 rings (SSSR count). The summed E-state index contributed by atoms with van der Waals surface area (Å²) < 4.78 is 0.627. The number of para-hydroxylation sites is 1. The molecule has 0 saturated carbocycles. The van der Waals surface area contributed by atoms with Crippen LogP contribution < -0.4 is 0 Å². The third-order valence-electron chi connectivity index (χ3n) is 4.79. The number of aromatic hydroxyl groups is 1. The Morgan fingerprint density at radius 1 is 1.11 bits per heavy atom. The lowest BCUT2D eigenvalue weighted by atomic mass is 9.97. The van der Waals surface area contributed by atoms with Crippen LogP contribution in [0.3, 0.4) is 0 Å². The molecule has 0 radical (unpaired) electrons. The number of halogens is 1. The number of aromatic amines is 1. The number of aromatic nitrogens is 1. The lowest BCUT2D eigenvalue weighted by Crippen LogP contribution is -1.94. The van der Waals surface area contributed by atoms with Gasteiger partial charge in [-0.1, -0.05) is 30.3 Å². The summed E-state index contributed by atoms with van der Waals surface area (Å²) in [6.45, 7) is 1.97. The van der Waals surface area contributed by atoms with Gasteiger partial charge in [0.15, 0.2) is 0 Å². The quantitative estimate of drug-likeness (QED) is 0.299. The second-order valence-electron chi connectivity index (χ2n) is 6.77. The normalized spacial score (nSPS) is 11.1. The summed E-state index contributed by atoms with van der Waals surface area (Å²) in [5, 5.41) is 22.8. The zero-order chi connectivity index (χ0) is 19.8. The fraction of sp³-hybridized carbons (Fsp3) is 0.0909. The Morgan fingerprint density at radius 3 is 2.68 bits per heavy atom. The van der Waals surface area contributed by atoms with Gasteiger partial charge in [0.2, 0.25) is 0 Å². The number of non-ortho nitro benzene ring substituents is 1. The topological polar surface area (TPSA) is 79.2 Å². The van der Waals surface area contributed by atoms with Gasteiger partial charge in [0.25, 0.3) is 5.69 Å². The molecular formula is C22H17BrN2O3. The first kappa shape index (κ1) is 18.3. The minimum Gasteiger partial charge on any atom is -0.506 e. The van der Waals surface area contributed by atoms with E-state index < -0.39 is 0 Å². The van der Waals surface area contributed by atoms with Crippen molar-refractivity contribution < 1.29 is 10.0 Å². The van der Waals surface area contributed by atoms with E-state index >= 15 is 0 Å². The minimum absolute atomic E-state index is 0.0695. The van der Waals surface area contributed by atoms with Crippen LogP contribution in [0.5, 0.6) is 5.75 Å². The summed E-state index contributed by atoms with van der Waals surface area (Å²) in [6.07, 6.45) is 0.506. The number of nitro benzene ring substituents is 1. The first-order valence-electron chi connectivity index (χ1n) is 8.76. The molecular weight excluding hydrogens is 420 g/mol. The molecule has 0 bridgehead atoms. The van der Waals surface area contributed by atoms with E-state index in [2.05, 4.69) is 20.9 Å². The summed E-state index contributed by atoms with van der Waals surface area (Å²) >= 11 is 3.42. The molecule has 1 heterocycles. The number of aryl methyl sites for hydroxylation is 1. The fourth-order valence-electron chi connectivity index (χ4n) is 3.52. The fourth-order valence-corrected chi connectivity index (χ4v) is 4.10. The van der Waals surface area contributed by atoms with Crippen molar-refractivity contribution in [2.45, 2.75) is 13.3 Å². The third-order valence-corrected chi connectivity index (χ3v) is 5.40. The number of hydrogen-bond donors (Lipinski definition) is 2. The van der Waals surface area contributed by atoms with Crippen LogP contribution in [0.15, 0.2) is 65.1 Å². The molecule has 140 valence electrons. The lowest BCUT2D eigenvalue weighted by Gasteiger charge is -2.10. The maximum Gasteiger partial charge on any atom is 0.269 e. The van der Waals surface area contributed by atoms with Crippen molar-refractivity contribution in [3.05, 3.63) is 91.9 Å². The number of hydrogen-bond acceptors (Lipinski definition) is 3. The van der Waals surface area contributed by atoms with Gasteiger partial charge < -0.3 is 10.1 Å². The van der Waals surface area contributed by atoms with Crippen LogP contribution in [0.4, 0.5) is 5.69 Å². The summed E-state index contributed by atoms with van der Waals surface area (Å²) in [6, 6.07) is 18.4. The number of fused-ring (bicyclic) bond motifs is 1. The Labute approximate surface area is 169 Å². The predicted octanol–water partition coefficient (Wildman–Crippen LogP) is 6.11. The zero-order valence-corrected chi connectivity index (χ0v) is 16.7. The first-order valence-corrected chi connectivity index (χ1v) is 9.55. The highest BCUT2D eigenvalue weighted by Gasteiger charge is 2.18. The average molecular weight is 437 g/mol. The van der Waals surface area contributed by atoms with Crippen molar-refractivity contribution in [3.8, 4) is 17.0 Å². The third kappa shape index (κ3) is 3.27. The molecule has 2 N–H and O–H groups in total. The molecule has 0 aliphatic heterocycles. The van der Waals surface area contributed by atoms with Crippen LogP contribution in [0, 0.1) is 17.0 Å². The van der Waals surface area contributed by atoms with Crippen molar-refractivity contribution in [1.82, 2.24) is 4.98 Å². The van der Waals surface area contributed by atoms with E-state index in [-0.39, 0.29) is 16.4 Å². The Balaban J connectivity index is 1.92. The molecule has 4 aromatic rings. The molecule has 0 aliphatic carbocycles. The van der Waals surface area contributed by atoms with E-state index in [0.717, 1.165) is 33.3 Å². The zero-order valence-electron chi connectivity index (χ0n) is 15.1. The van der Waals surface area contributed by atoms with Gasteiger partial charge in [0.1, 0.15) is 5.75 Å². The van der Waals surface area contributed by atoms with Gasteiger partial charge >= 0.3 is 0 Å². The van der Waals surface area contributed by atoms with Crippen molar-refractivity contribution in [2.75, 3.05) is 0 Å². The van der Waals surface area contributed by atoms with Crippen LogP contribution in [-0.2, 0) is 6.42 Å². The summed E-state index contributed by atoms with van der Waals surface area (Å²) in [4.78, 5) is 14.2. The molecule has 3 aromatic carbocycles. The lowest BCUT2D eigenvalue weighted by molar-refractivity contribution is -0.384. The SMILES string of the molecule is Cc1cc(Br)c(O)c(-c2[nH]c3ccccc3c2Cc2cccc([N+](=O)[O-])c2)c1. The minimum atomic E-state index is -0.386. The summed E-state index contributed by atoms with van der Waals surface area (Å²) in [5.41, 5.74) is 5.38. The van der Waals surface area contributed by atoms with Crippen LogP contribution in [-0.4, -0.2) is 15.0 Å². The van der Waals surface area contributed by atoms with Gasteiger partial charge in [-0.05, 0) is 57.7 Å². The van der Waals surface area contributed by atoms with Gasteiger partial charge in [-0.15, -0.1) is 0 Å². The molecule has 28 heavy (non-hydrogen) atoms. The van der Waals surface area contributed by atoms with Crippen LogP contribution in [0.2, 0.25) is 0 Å². The van der Waals surface area contributed by atoms with Crippen LogP contribution >= 0.6 is 15.9 Å². The number of nitrogens with one attached hydrogen (secondary N) is 1. The number of H-pyrrole nitrogens is 1. The maximum atomic E-state index is 11.1. The smallest absolute Gasteiger partial charge is 0.269 e.